The van der Waals surface area contributed by atoms with Gasteiger partial charge in [-0.15, -0.1) is 0 Å². The third kappa shape index (κ3) is 2.83. The summed E-state index contributed by atoms with van der Waals surface area (Å²) in [6.45, 7) is 4.20. The highest BCUT2D eigenvalue weighted by Gasteiger charge is 2.04. The highest BCUT2D eigenvalue weighted by Crippen LogP contribution is 2.19. The molecule has 17 heavy (non-hydrogen) atoms. The van der Waals surface area contributed by atoms with Crippen LogP contribution in [0.15, 0.2) is 30.3 Å². The minimum absolute atomic E-state index is 0.506. The Hall–Kier alpha value is -1.41. The van der Waals surface area contributed by atoms with Crippen molar-refractivity contribution in [3.05, 3.63) is 46.7 Å². The van der Waals surface area contributed by atoms with Crippen LogP contribution in [0, 0.1) is 0 Å². The second kappa shape index (κ2) is 5.28. The number of aryl methyl sites for hydroxylation is 2. The molecule has 0 bridgehead atoms. The van der Waals surface area contributed by atoms with Gasteiger partial charge in [0.05, 0.1) is 0 Å². The number of rotatable bonds is 3. The maximum absolute atomic E-state index is 5.99. The fraction of sp³-hybridized carbons (Fsp3) is 0.286. The summed E-state index contributed by atoms with van der Waals surface area (Å²) in [5, 5.41) is 0.506. The standard InChI is InChI=1S/C14H15ClN2/c1-3-10-5-7-11(8-6-10)14-16-12(4-2)9-13(15)17-14/h5-9H,3-4H2,1-2H3. The Kier molecular flexibility index (Phi) is 3.75. The van der Waals surface area contributed by atoms with Gasteiger partial charge < -0.3 is 0 Å². The summed E-state index contributed by atoms with van der Waals surface area (Å²) in [7, 11) is 0. The summed E-state index contributed by atoms with van der Waals surface area (Å²) in [5.41, 5.74) is 3.30. The Morgan fingerprint density at radius 2 is 1.71 bits per heavy atom. The Morgan fingerprint density at radius 1 is 1.00 bits per heavy atom. The molecule has 3 heteroatoms. The number of nitrogens with zero attached hydrogens (tertiary/aromatic N) is 2. The van der Waals surface area contributed by atoms with E-state index in [1.54, 1.807) is 0 Å². The zero-order valence-electron chi connectivity index (χ0n) is 10.1. The van der Waals surface area contributed by atoms with Gasteiger partial charge in [0.2, 0.25) is 0 Å². The SMILES string of the molecule is CCc1ccc(-c2nc(Cl)cc(CC)n2)cc1. The summed E-state index contributed by atoms with van der Waals surface area (Å²) in [6.07, 6.45) is 1.90. The molecule has 0 unspecified atom stereocenters. The number of aromatic nitrogens is 2. The molecule has 0 radical (unpaired) electrons. The molecule has 0 saturated heterocycles. The van der Waals surface area contributed by atoms with Crippen LogP contribution in [0.2, 0.25) is 5.15 Å². The summed E-state index contributed by atoms with van der Waals surface area (Å²) in [5.74, 6) is 0.706. The molecule has 2 aromatic rings. The van der Waals surface area contributed by atoms with Crippen molar-refractivity contribution in [1.29, 1.82) is 0 Å². The van der Waals surface area contributed by atoms with E-state index in [9.17, 15) is 0 Å². The monoisotopic (exact) mass is 246 g/mol. The third-order valence-corrected chi connectivity index (χ3v) is 2.92. The first kappa shape index (κ1) is 12.1. The average molecular weight is 247 g/mol. The van der Waals surface area contributed by atoms with Crippen LogP contribution in [-0.2, 0) is 12.8 Å². The van der Waals surface area contributed by atoms with Crippen molar-refractivity contribution in [1.82, 2.24) is 9.97 Å². The molecular formula is C14H15ClN2. The van der Waals surface area contributed by atoms with Crippen LogP contribution in [0.3, 0.4) is 0 Å². The molecule has 0 aliphatic rings. The lowest BCUT2D eigenvalue weighted by molar-refractivity contribution is 1.00. The van der Waals surface area contributed by atoms with E-state index < -0.39 is 0 Å². The number of benzene rings is 1. The van der Waals surface area contributed by atoms with Gasteiger partial charge in [-0.05, 0) is 24.5 Å². The Bertz CT molecular complexity index is 506. The zero-order chi connectivity index (χ0) is 12.3. The molecule has 1 heterocycles. The van der Waals surface area contributed by atoms with E-state index in [4.69, 9.17) is 11.6 Å². The normalized spacial score (nSPS) is 10.5. The summed E-state index contributed by atoms with van der Waals surface area (Å²) < 4.78 is 0. The van der Waals surface area contributed by atoms with Crippen LogP contribution in [0.5, 0.6) is 0 Å². The molecule has 88 valence electrons. The molecule has 0 fully saturated rings. The van der Waals surface area contributed by atoms with Crippen LogP contribution in [0.1, 0.15) is 25.1 Å². The van der Waals surface area contributed by atoms with Crippen molar-refractivity contribution in [2.75, 3.05) is 0 Å². The Balaban J connectivity index is 2.41. The number of hydrogen-bond acceptors (Lipinski definition) is 2. The molecular weight excluding hydrogens is 232 g/mol. The van der Waals surface area contributed by atoms with Crippen LogP contribution in [0.4, 0.5) is 0 Å². The fourth-order valence-corrected chi connectivity index (χ4v) is 1.87. The molecule has 0 aliphatic carbocycles. The molecule has 0 aliphatic heterocycles. The van der Waals surface area contributed by atoms with Gasteiger partial charge in [0.25, 0.3) is 0 Å². The maximum atomic E-state index is 5.99. The van der Waals surface area contributed by atoms with Gasteiger partial charge in [-0.3, -0.25) is 0 Å². The largest absolute Gasteiger partial charge is 0.233 e. The Morgan fingerprint density at radius 3 is 2.29 bits per heavy atom. The van der Waals surface area contributed by atoms with Crippen molar-refractivity contribution >= 4 is 11.6 Å². The minimum Gasteiger partial charge on any atom is -0.233 e. The van der Waals surface area contributed by atoms with Crippen LogP contribution in [-0.4, -0.2) is 9.97 Å². The van der Waals surface area contributed by atoms with Crippen molar-refractivity contribution in [2.45, 2.75) is 26.7 Å². The van der Waals surface area contributed by atoms with E-state index >= 15 is 0 Å². The average Bonchev–Trinajstić information content (AvgIpc) is 2.38. The lowest BCUT2D eigenvalue weighted by atomic mass is 10.1. The lowest BCUT2D eigenvalue weighted by Gasteiger charge is -2.04. The molecule has 2 nitrogen and oxygen atoms in total. The minimum atomic E-state index is 0.506. The van der Waals surface area contributed by atoms with E-state index in [0.717, 1.165) is 24.1 Å². The summed E-state index contributed by atoms with van der Waals surface area (Å²) in [6, 6.07) is 10.1. The molecule has 1 aromatic heterocycles. The third-order valence-electron chi connectivity index (χ3n) is 2.73. The topological polar surface area (TPSA) is 25.8 Å². The van der Waals surface area contributed by atoms with Gasteiger partial charge >= 0.3 is 0 Å². The Labute approximate surface area is 107 Å². The highest BCUT2D eigenvalue weighted by atomic mass is 35.5. The number of hydrogen-bond donors (Lipinski definition) is 0. The first-order valence-electron chi connectivity index (χ1n) is 5.85. The predicted octanol–water partition coefficient (Wildman–Crippen LogP) is 3.92. The maximum Gasteiger partial charge on any atom is 0.161 e. The lowest BCUT2D eigenvalue weighted by Crippen LogP contribution is -1.95. The second-order valence-corrected chi connectivity index (χ2v) is 4.30. The molecule has 0 saturated carbocycles. The second-order valence-electron chi connectivity index (χ2n) is 3.91. The summed E-state index contributed by atoms with van der Waals surface area (Å²) in [4.78, 5) is 8.74. The van der Waals surface area contributed by atoms with E-state index in [1.807, 2.05) is 18.2 Å². The molecule has 1 aromatic carbocycles. The van der Waals surface area contributed by atoms with Gasteiger partial charge in [-0.1, -0.05) is 49.7 Å². The van der Waals surface area contributed by atoms with E-state index in [0.29, 0.717) is 11.0 Å². The van der Waals surface area contributed by atoms with Crippen LogP contribution in [0.25, 0.3) is 11.4 Å². The fourth-order valence-electron chi connectivity index (χ4n) is 1.66. The van der Waals surface area contributed by atoms with E-state index in [-0.39, 0.29) is 0 Å². The van der Waals surface area contributed by atoms with Gasteiger partial charge in [-0.2, -0.15) is 0 Å². The van der Waals surface area contributed by atoms with Gasteiger partial charge in [0.1, 0.15) is 5.15 Å². The highest BCUT2D eigenvalue weighted by molar-refractivity contribution is 6.29. The van der Waals surface area contributed by atoms with Crippen molar-refractivity contribution in [3.63, 3.8) is 0 Å². The van der Waals surface area contributed by atoms with Crippen molar-refractivity contribution < 1.29 is 0 Å². The van der Waals surface area contributed by atoms with E-state index in [1.165, 1.54) is 5.56 Å². The van der Waals surface area contributed by atoms with Crippen LogP contribution < -0.4 is 0 Å². The molecule has 0 spiro atoms. The van der Waals surface area contributed by atoms with Gasteiger partial charge in [-0.25, -0.2) is 9.97 Å². The first-order chi connectivity index (χ1) is 8.22. The van der Waals surface area contributed by atoms with Gasteiger partial charge in [0.15, 0.2) is 5.82 Å². The molecule has 0 atom stereocenters. The van der Waals surface area contributed by atoms with Crippen molar-refractivity contribution in [2.24, 2.45) is 0 Å². The smallest absolute Gasteiger partial charge is 0.161 e. The van der Waals surface area contributed by atoms with Crippen LogP contribution >= 0.6 is 11.6 Å². The van der Waals surface area contributed by atoms with E-state index in [2.05, 4.69) is 35.9 Å². The summed E-state index contributed by atoms with van der Waals surface area (Å²) >= 11 is 5.99. The zero-order valence-corrected chi connectivity index (χ0v) is 10.8. The number of halogens is 1. The molecule has 2 rings (SSSR count). The molecule has 0 N–H and O–H groups in total. The first-order valence-corrected chi connectivity index (χ1v) is 6.23. The predicted molar refractivity (Wildman–Crippen MR) is 71.2 cm³/mol. The van der Waals surface area contributed by atoms with Gasteiger partial charge in [0, 0.05) is 11.3 Å². The quantitative estimate of drug-likeness (QED) is 0.767. The van der Waals surface area contributed by atoms with Crippen molar-refractivity contribution in [3.8, 4) is 11.4 Å². The molecule has 0 amide bonds.